The molecule has 0 heterocycles. The van der Waals surface area contributed by atoms with E-state index in [1.165, 1.54) is 16.7 Å². The molecule has 1 aromatic rings. The van der Waals surface area contributed by atoms with Gasteiger partial charge in [-0.3, -0.25) is 0 Å². The lowest BCUT2D eigenvalue weighted by Gasteiger charge is -2.42. The second-order valence-corrected chi connectivity index (χ2v) is 6.49. The molecule has 3 aliphatic rings. The maximum atomic E-state index is 10.5. The standard InChI is InChI=1S/C19H22O/c1-2-19-12-11-15-14-6-4-3-5-13(14)7-8-16(15)17(19)9-10-18(19)20/h3-6,9,18,20H,2,7-8,10-12H2,1H3/t18-,19?/m0/s1. The van der Waals surface area contributed by atoms with Crippen molar-refractivity contribution in [2.24, 2.45) is 5.41 Å². The smallest absolute Gasteiger partial charge is 0.0671 e. The minimum Gasteiger partial charge on any atom is -0.392 e. The van der Waals surface area contributed by atoms with E-state index in [0.29, 0.717) is 0 Å². The predicted octanol–water partition coefficient (Wildman–Crippen LogP) is 4.27. The summed E-state index contributed by atoms with van der Waals surface area (Å²) in [5.74, 6) is 0. The van der Waals surface area contributed by atoms with Gasteiger partial charge in [0.15, 0.2) is 0 Å². The van der Waals surface area contributed by atoms with Gasteiger partial charge in [-0.05, 0) is 66.4 Å². The molecule has 1 nitrogen and oxygen atoms in total. The summed E-state index contributed by atoms with van der Waals surface area (Å²) < 4.78 is 0. The Hall–Kier alpha value is -1.34. The normalized spacial score (nSPS) is 31.5. The Labute approximate surface area is 121 Å². The van der Waals surface area contributed by atoms with Crippen molar-refractivity contribution < 1.29 is 5.11 Å². The average Bonchev–Trinajstić information content (AvgIpc) is 2.85. The summed E-state index contributed by atoms with van der Waals surface area (Å²) in [5, 5.41) is 10.5. The van der Waals surface area contributed by atoms with E-state index in [9.17, 15) is 5.11 Å². The third-order valence-electron chi connectivity index (χ3n) is 5.85. The number of fused-ring (bicyclic) bond motifs is 4. The zero-order valence-corrected chi connectivity index (χ0v) is 12.2. The van der Waals surface area contributed by atoms with Crippen LogP contribution in [0.25, 0.3) is 5.57 Å². The molecule has 4 rings (SSSR count). The molecule has 3 aliphatic carbocycles. The number of aryl methyl sites for hydroxylation is 1. The van der Waals surface area contributed by atoms with Crippen molar-refractivity contribution in [3.05, 3.63) is 52.6 Å². The number of aliphatic hydroxyl groups is 1. The van der Waals surface area contributed by atoms with Gasteiger partial charge in [0.25, 0.3) is 0 Å². The van der Waals surface area contributed by atoms with Crippen LogP contribution in [0.2, 0.25) is 0 Å². The molecular formula is C19H22O. The van der Waals surface area contributed by atoms with Gasteiger partial charge in [0.2, 0.25) is 0 Å². The van der Waals surface area contributed by atoms with Crippen LogP contribution in [0.1, 0.15) is 50.2 Å². The molecule has 1 N–H and O–H groups in total. The van der Waals surface area contributed by atoms with Crippen LogP contribution in [0.3, 0.4) is 0 Å². The predicted molar refractivity (Wildman–Crippen MR) is 82.3 cm³/mol. The maximum Gasteiger partial charge on any atom is 0.0671 e. The van der Waals surface area contributed by atoms with Crippen LogP contribution >= 0.6 is 0 Å². The quantitative estimate of drug-likeness (QED) is 0.805. The van der Waals surface area contributed by atoms with E-state index >= 15 is 0 Å². The molecule has 0 spiro atoms. The van der Waals surface area contributed by atoms with Gasteiger partial charge in [-0.15, -0.1) is 0 Å². The highest BCUT2D eigenvalue weighted by Gasteiger charge is 2.47. The van der Waals surface area contributed by atoms with E-state index in [0.717, 1.165) is 38.5 Å². The van der Waals surface area contributed by atoms with Gasteiger partial charge in [-0.2, -0.15) is 0 Å². The lowest BCUT2D eigenvalue weighted by molar-refractivity contribution is 0.0570. The fraction of sp³-hybridized carbons (Fsp3) is 0.474. The molecule has 0 aliphatic heterocycles. The van der Waals surface area contributed by atoms with Crippen molar-refractivity contribution in [2.75, 3.05) is 0 Å². The first-order chi connectivity index (χ1) is 9.76. The average molecular weight is 266 g/mol. The highest BCUT2D eigenvalue weighted by atomic mass is 16.3. The fourth-order valence-corrected chi connectivity index (χ4v) is 4.70. The van der Waals surface area contributed by atoms with Crippen molar-refractivity contribution in [3.63, 3.8) is 0 Å². The van der Waals surface area contributed by atoms with E-state index in [4.69, 9.17) is 0 Å². The number of rotatable bonds is 1. The van der Waals surface area contributed by atoms with Gasteiger partial charge in [0, 0.05) is 5.41 Å². The Balaban J connectivity index is 1.87. The van der Waals surface area contributed by atoms with Gasteiger partial charge < -0.3 is 5.11 Å². The first kappa shape index (κ1) is 12.4. The number of hydrogen-bond donors (Lipinski definition) is 1. The van der Waals surface area contributed by atoms with E-state index in [1.807, 2.05) is 0 Å². The lowest BCUT2D eigenvalue weighted by atomic mass is 9.63. The molecule has 0 amide bonds. The Morgan fingerprint density at radius 3 is 2.85 bits per heavy atom. The SMILES string of the molecule is CCC12CCC3=C(CCc4ccccc43)C1=CC[C@@H]2O. The second-order valence-electron chi connectivity index (χ2n) is 6.49. The van der Waals surface area contributed by atoms with E-state index in [-0.39, 0.29) is 11.5 Å². The van der Waals surface area contributed by atoms with Crippen LogP contribution in [-0.2, 0) is 6.42 Å². The highest BCUT2D eigenvalue weighted by Crippen LogP contribution is 2.56. The molecule has 20 heavy (non-hydrogen) atoms. The molecular weight excluding hydrogens is 244 g/mol. The molecule has 104 valence electrons. The van der Waals surface area contributed by atoms with Crippen LogP contribution < -0.4 is 0 Å². The number of benzene rings is 1. The van der Waals surface area contributed by atoms with Crippen LogP contribution in [-0.4, -0.2) is 11.2 Å². The van der Waals surface area contributed by atoms with Crippen molar-refractivity contribution in [3.8, 4) is 0 Å². The first-order valence-corrected chi connectivity index (χ1v) is 7.95. The van der Waals surface area contributed by atoms with Gasteiger partial charge in [-0.25, -0.2) is 0 Å². The molecule has 0 saturated heterocycles. The van der Waals surface area contributed by atoms with E-state index in [2.05, 4.69) is 37.3 Å². The molecule has 0 aromatic heterocycles. The Bertz CT molecular complexity index is 622. The number of allylic oxidation sites excluding steroid dienone is 2. The highest BCUT2D eigenvalue weighted by molar-refractivity contribution is 5.79. The van der Waals surface area contributed by atoms with Crippen LogP contribution in [0, 0.1) is 5.41 Å². The minimum absolute atomic E-state index is 0.0606. The van der Waals surface area contributed by atoms with Crippen LogP contribution in [0.15, 0.2) is 41.5 Å². The first-order valence-electron chi connectivity index (χ1n) is 7.95. The molecule has 0 bridgehead atoms. The van der Waals surface area contributed by atoms with Gasteiger partial charge >= 0.3 is 0 Å². The maximum absolute atomic E-state index is 10.5. The van der Waals surface area contributed by atoms with E-state index in [1.54, 1.807) is 11.1 Å². The van der Waals surface area contributed by atoms with Crippen LogP contribution in [0.5, 0.6) is 0 Å². The third-order valence-corrected chi connectivity index (χ3v) is 5.85. The Morgan fingerprint density at radius 1 is 1.15 bits per heavy atom. The molecule has 1 aromatic carbocycles. The third kappa shape index (κ3) is 1.47. The number of aliphatic hydroxyl groups excluding tert-OH is 1. The van der Waals surface area contributed by atoms with Gasteiger partial charge in [-0.1, -0.05) is 37.3 Å². The molecule has 2 atom stereocenters. The summed E-state index contributed by atoms with van der Waals surface area (Å²) in [6.45, 7) is 2.24. The fourth-order valence-electron chi connectivity index (χ4n) is 4.70. The van der Waals surface area contributed by atoms with Crippen molar-refractivity contribution >= 4 is 5.57 Å². The zero-order valence-electron chi connectivity index (χ0n) is 12.2. The van der Waals surface area contributed by atoms with Crippen LogP contribution in [0.4, 0.5) is 0 Å². The molecule has 0 fully saturated rings. The second kappa shape index (κ2) is 4.33. The number of hydrogen-bond acceptors (Lipinski definition) is 1. The summed E-state index contributed by atoms with van der Waals surface area (Å²) in [6, 6.07) is 8.88. The minimum atomic E-state index is -0.159. The zero-order chi connectivity index (χ0) is 13.7. The van der Waals surface area contributed by atoms with Gasteiger partial charge in [0.05, 0.1) is 6.10 Å². The Morgan fingerprint density at radius 2 is 2.00 bits per heavy atom. The van der Waals surface area contributed by atoms with Crippen molar-refractivity contribution in [2.45, 2.75) is 51.6 Å². The molecule has 1 heteroatoms. The summed E-state index contributed by atoms with van der Waals surface area (Å²) >= 11 is 0. The summed E-state index contributed by atoms with van der Waals surface area (Å²) in [5.41, 5.74) is 7.66. The summed E-state index contributed by atoms with van der Waals surface area (Å²) in [4.78, 5) is 0. The van der Waals surface area contributed by atoms with E-state index < -0.39 is 0 Å². The summed E-state index contributed by atoms with van der Waals surface area (Å²) in [7, 11) is 0. The van der Waals surface area contributed by atoms with Crippen molar-refractivity contribution in [1.29, 1.82) is 0 Å². The van der Waals surface area contributed by atoms with Gasteiger partial charge in [0.1, 0.15) is 0 Å². The van der Waals surface area contributed by atoms with Crippen molar-refractivity contribution in [1.82, 2.24) is 0 Å². The monoisotopic (exact) mass is 266 g/mol. The molecule has 0 radical (unpaired) electrons. The topological polar surface area (TPSA) is 20.2 Å². The molecule has 1 unspecified atom stereocenters. The summed E-state index contributed by atoms with van der Waals surface area (Å²) in [6.07, 6.45) is 8.65. The molecule has 0 saturated carbocycles. The Kier molecular flexibility index (Phi) is 2.68. The largest absolute Gasteiger partial charge is 0.392 e. The lowest BCUT2D eigenvalue weighted by Crippen LogP contribution is -2.36.